The fourth-order valence-corrected chi connectivity index (χ4v) is 5.68. The SMILES string of the molecule is O=C(O)c1ccc2c(c1)[C@@H]1c3ccccc3C[C@@H]1[C@@H](c1ccc(OCc3ccc([N+](=O)[O-])cc3)cc1)N2. The molecule has 0 bridgehead atoms. The Hall–Kier alpha value is -4.65. The molecule has 0 amide bonds. The number of nitrogens with zero attached hydrogens (tertiary/aromatic N) is 1. The average molecular weight is 493 g/mol. The van der Waals surface area contributed by atoms with E-state index < -0.39 is 10.9 Å². The van der Waals surface area contributed by atoms with Gasteiger partial charge in [-0.2, -0.15) is 0 Å². The standard InChI is InChI=1S/C30H24N2O5/c33-30(34)21-9-14-27-25(16-21)28-24-4-2-1-3-20(24)15-26(28)29(31-27)19-7-12-23(13-8-19)37-17-18-5-10-22(11-6-18)32(35)36/h1-14,16,26,28-29,31H,15,17H2,(H,33,34)/t26-,28-,29+/m0/s1. The topological polar surface area (TPSA) is 102 Å². The number of carboxylic acid groups (broad SMARTS) is 1. The Morgan fingerprint density at radius 2 is 1.73 bits per heavy atom. The minimum atomic E-state index is -0.919. The first-order chi connectivity index (χ1) is 18.0. The van der Waals surface area contributed by atoms with Gasteiger partial charge in [0.25, 0.3) is 5.69 Å². The van der Waals surface area contributed by atoms with E-state index in [9.17, 15) is 20.0 Å². The van der Waals surface area contributed by atoms with Crippen LogP contribution in [0.2, 0.25) is 0 Å². The highest BCUT2D eigenvalue weighted by Gasteiger charge is 2.43. The van der Waals surface area contributed by atoms with Crippen molar-refractivity contribution in [2.75, 3.05) is 5.32 Å². The van der Waals surface area contributed by atoms with E-state index in [1.54, 1.807) is 18.2 Å². The Morgan fingerprint density at radius 1 is 0.973 bits per heavy atom. The number of hydrogen-bond acceptors (Lipinski definition) is 5. The van der Waals surface area contributed by atoms with Crippen molar-refractivity contribution in [3.8, 4) is 5.75 Å². The van der Waals surface area contributed by atoms with Crippen LogP contribution in [0.3, 0.4) is 0 Å². The smallest absolute Gasteiger partial charge is 0.335 e. The first kappa shape index (κ1) is 22.8. The van der Waals surface area contributed by atoms with Gasteiger partial charge in [0.2, 0.25) is 0 Å². The fraction of sp³-hybridized carbons (Fsp3) is 0.167. The molecule has 7 nitrogen and oxygen atoms in total. The molecule has 0 fully saturated rings. The summed E-state index contributed by atoms with van der Waals surface area (Å²) in [6, 6.07) is 28.2. The summed E-state index contributed by atoms with van der Waals surface area (Å²) in [5, 5.41) is 24.1. The molecule has 7 heteroatoms. The van der Waals surface area contributed by atoms with E-state index in [1.807, 2.05) is 24.3 Å². The summed E-state index contributed by atoms with van der Waals surface area (Å²) in [6.07, 6.45) is 0.910. The molecular weight excluding hydrogens is 468 g/mol. The van der Waals surface area contributed by atoms with Gasteiger partial charge in [-0.1, -0.05) is 36.4 Å². The third-order valence-electron chi connectivity index (χ3n) is 7.44. The second-order valence-corrected chi connectivity index (χ2v) is 9.55. The number of nitro groups is 1. The number of rotatable bonds is 6. The van der Waals surface area contributed by atoms with Crippen LogP contribution in [0.1, 0.15) is 50.1 Å². The van der Waals surface area contributed by atoms with E-state index in [-0.39, 0.29) is 23.6 Å². The van der Waals surface area contributed by atoms with Crippen molar-refractivity contribution in [2.45, 2.75) is 25.0 Å². The van der Waals surface area contributed by atoms with Crippen molar-refractivity contribution >= 4 is 17.3 Å². The monoisotopic (exact) mass is 492 g/mol. The Bertz CT molecular complexity index is 1500. The summed E-state index contributed by atoms with van der Waals surface area (Å²) in [4.78, 5) is 22.1. The molecule has 0 aromatic heterocycles. The number of anilines is 1. The summed E-state index contributed by atoms with van der Waals surface area (Å²) in [7, 11) is 0. The van der Waals surface area contributed by atoms with Gasteiger partial charge < -0.3 is 15.2 Å². The molecule has 4 aromatic carbocycles. The van der Waals surface area contributed by atoms with Gasteiger partial charge in [0, 0.05) is 23.7 Å². The molecule has 2 aliphatic rings. The van der Waals surface area contributed by atoms with Gasteiger partial charge >= 0.3 is 5.97 Å². The molecule has 3 atom stereocenters. The Balaban J connectivity index is 1.26. The van der Waals surface area contributed by atoms with Crippen molar-refractivity contribution < 1.29 is 19.6 Å². The van der Waals surface area contributed by atoms with Gasteiger partial charge in [0.15, 0.2) is 0 Å². The predicted molar refractivity (Wildman–Crippen MR) is 139 cm³/mol. The van der Waals surface area contributed by atoms with E-state index in [2.05, 4.69) is 41.7 Å². The Morgan fingerprint density at radius 3 is 2.46 bits per heavy atom. The molecule has 0 unspecified atom stereocenters. The largest absolute Gasteiger partial charge is 0.489 e. The summed E-state index contributed by atoms with van der Waals surface area (Å²) < 4.78 is 5.92. The average Bonchev–Trinajstić information content (AvgIpc) is 3.32. The van der Waals surface area contributed by atoms with Gasteiger partial charge in [-0.05, 0) is 82.6 Å². The lowest BCUT2D eigenvalue weighted by Gasteiger charge is -2.38. The Kier molecular flexibility index (Phi) is 5.60. The molecule has 1 aliphatic heterocycles. The first-order valence-electron chi connectivity index (χ1n) is 12.2. The van der Waals surface area contributed by atoms with Gasteiger partial charge in [0.1, 0.15) is 12.4 Å². The molecule has 0 spiro atoms. The quantitative estimate of drug-likeness (QED) is 0.240. The third kappa shape index (κ3) is 4.18. The number of carbonyl (C=O) groups is 1. The summed E-state index contributed by atoms with van der Waals surface area (Å²) in [5.74, 6) is 0.170. The highest BCUT2D eigenvalue weighted by Crippen LogP contribution is 2.54. The molecule has 4 aromatic rings. The summed E-state index contributed by atoms with van der Waals surface area (Å²) in [6.45, 7) is 0.318. The minimum absolute atomic E-state index is 0.0567. The number of nitro benzene ring substituents is 1. The van der Waals surface area contributed by atoms with Crippen molar-refractivity contribution in [1.82, 2.24) is 0 Å². The highest BCUT2D eigenvalue weighted by atomic mass is 16.6. The third-order valence-corrected chi connectivity index (χ3v) is 7.44. The number of nitrogens with one attached hydrogen (secondary N) is 1. The van der Waals surface area contributed by atoms with E-state index in [0.29, 0.717) is 12.2 Å². The number of non-ortho nitro benzene ring substituents is 1. The van der Waals surface area contributed by atoms with Gasteiger partial charge in [-0.15, -0.1) is 0 Å². The van der Waals surface area contributed by atoms with Gasteiger partial charge in [-0.3, -0.25) is 10.1 Å². The fourth-order valence-electron chi connectivity index (χ4n) is 5.68. The van der Waals surface area contributed by atoms with Crippen LogP contribution in [-0.4, -0.2) is 16.0 Å². The zero-order valence-electron chi connectivity index (χ0n) is 19.8. The van der Waals surface area contributed by atoms with Crippen molar-refractivity contribution in [2.24, 2.45) is 5.92 Å². The Labute approximate surface area is 213 Å². The zero-order valence-corrected chi connectivity index (χ0v) is 19.8. The van der Waals surface area contributed by atoms with E-state index in [4.69, 9.17) is 4.74 Å². The van der Waals surface area contributed by atoms with Crippen LogP contribution in [0.4, 0.5) is 11.4 Å². The predicted octanol–water partition coefficient (Wildman–Crippen LogP) is 6.34. The van der Waals surface area contributed by atoms with Crippen LogP contribution in [0, 0.1) is 16.0 Å². The maximum Gasteiger partial charge on any atom is 0.335 e. The number of ether oxygens (including phenoxy) is 1. The van der Waals surface area contributed by atoms with Gasteiger partial charge in [-0.25, -0.2) is 4.79 Å². The van der Waals surface area contributed by atoms with Crippen molar-refractivity contribution in [3.05, 3.63) is 134 Å². The zero-order chi connectivity index (χ0) is 25.5. The summed E-state index contributed by atoms with van der Waals surface area (Å²) in [5.41, 5.74) is 6.93. The van der Waals surface area contributed by atoms with Crippen molar-refractivity contribution in [1.29, 1.82) is 0 Å². The maximum absolute atomic E-state index is 11.7. The van der Waals surface area contributed by atoms with Crippen molar-refractivity contribution in [3.63, 3.8) is 0 Å². The van der Waals surface area contributed by atoms with Crippen LogP contribution >= 0.6 is 0 Å². The second-order valence-electron chi connectivity index (χ2n) is 9.55. The highest BCUT2D eigenvalue weighted by molar-refractivity contribution is 5.89. The number of benzene rings is 4. The molecule has 0 radical (unpaired) electrons. The lowest BCUT2D eigenvalue weighted by Crippen LogP contribution is -2.30. The maximum atomic E-state index is 11.7. The minimum Gasteiger partial charge on any atom is -0.489 e. The van der Waals surface area contributed by atoms with E-state index in [0.717, 1.165) is 34.5 Å². The molecule has 0 saturated heterocycles. The molecule has 37 heavy (non-hydrogen) atoms. The van der Waals surface area contributed by atoms with E-state index in [1.165, 1.54) is 23.3 Å². The van der Waals surface area contributed by atoms with Crippen LogP contribution < -0.4 is 10.1 Å². The number of hydrogen-bond donors (Lipinski definition) is 2. The molecule has 1 aliphatic carbocycles. The van der Waals surface area contributed by atoms with Gasteiger partial charge in [0.05, 0.1) is 16.5 Å². The van der Waals surface area contributed by atoms with Crippen LogP contribution in [-0.2, 0) is 13.0 Å². The molecule has 1 heterocycles. The molecule has 0 saturated carbocycles. The van der Waals surface area contributed by atoms with Crippen LogP contribution in [0.25, 0.3) is 0 Å². The second kappa shape index (κ2) is 9.09. The summed E-state index contributed by atoms with van der Waals surface area (Å²) >= 11 is 0. The van der Waals surface area contributed by atoms with Crippen LogP contribution in [0.15, 0.2) is 91.0 Å². The first-order valence-corrected chi connectivity index (χ1v) is 12.2. The van der Waals surface area contributed by atoms with Crippen LogP contribution in [0.5, 0.6) is 5.75 Å². The molecule has 2 N–H and O–H groups in total. The lowest BCUT2D eigenvalue weighted by molar-refractivity contribution is -0.384. The number of aromatic carboxylic acids is 1. The number of fused-ring (bicyclic) bond motifs is 5. The van der Waals surface area contributed by atoms with E-state index >= 15 is 0 Å². The molecule has 184 valence electrons. The number of carboxylic acids is 1. The molecular formula is C30H24N2O5. The lowest BCUT2D eigenvalue weighted by atomic mass is 9.75. The molecule has 6 rings (SSSR count). The normalized spacial score (nSPS) is 19.2.